The first-order valence-corrected chi connectivity index (χ1v) is 11.0. The van der Waals surface area contributed by atoms with E-state index in [2.05, 4.69) is 4.98 Å². The van der Waals surface area contributed by atoms with Gasteiger partial charge in [-0.3, -0.25) is 19.4 Å². The number of amides is 2. The number of rotatable bonds is 7. The Balaban J connectivity index is 1.70. The summed E-state index contributed by atoms with van der Waals surface area (Å²) in [5.41, 5.74) is 4.85. The highest BCUT2D eigenvalue weighted by Gasteiger charge is 2.53. The van der Waals surface area contributed by atoms with Crippen LogP contribution in [0.25, 0.3) is 0 Å². The zero-order valence-corrected chi connectivity index (χ0v) is 17.3. The third-order valence-corrected chi connectivity index (χ3v) is 7.30. The number of pyridine rings is 1. The first kappa shape index (κ1) is 21.4. The fourth-order valence-electron chi connectivity index (χ4n) is 3.70. The molecule has 9 nitrogen and oxygen atoms in total. The summed E-state index contributed by atoms with van der Waals surface area (Å²) in [4.78, 5) is 42.1. The van der Waals surface area contributed by atoms with Crippen LogP contribution in [0, 0.1) is 11.8 Å². The summed E-state index contributed by atoms with van der Waals surface area (Å²) in [5.74, 6) is -1.50. The molecule has 10 heteroatoms. The van der Waals surface area contributed by atoms with E-state index in [1.165, 1.54) is 21.8 Å². The van der Waals surface area contributed by atoms with Crippen LogP contribution in [0.1, 0.15) is 32.4 Å². The molecule has 0 saturated carbocycles. The highest BCUT2D eigenvalue weighted by Crippen LogP contribution is 2.33. The number of carbonyl (C=O) groups is 3. The minimum absolute atomic E-state index is 0.144. The molecule has 2 fully saturated rings. The van der Waals surface area contributed by atoms with E-state index in [9.17, 15) is 22.8 Å². The second-order valence-electron chi connectivity index (χ2n) is 8.08. The van der Waals surface area contributed by atoms with Gasteiger partial charge in [0.25, 0.3) is 0 Å². The third-order valence-electron chi connectivity index (χ3n) is 5.53. The molecular formula is C19H25N4O5S. The summed E-state index contributed by atoms with van der Waals surface area (Å²) in [6, 6.07) is 3.65. The zero-order chi connectivity index (χ0) is 21.4. The summed E-state index contributed by atoms with van der Waals surface area (Å²) in [6.45, 7) is 3.31. The molecule has 3 heterocycles. The van der Waals surface area contributed by atoms with Crippen LogP contribution in [0.4, 0.5) is 0 Å². The Morgan fingerprint density at radius 3 is 2.69 bits per heavy atom. The van der Waals surface area contributed by atoms with Crippen molar-refractivity contribution in [3.8, 4) is 0 Å². The molecule has 1 aromatic heterocycles. The number of hydrogen-bond donors (Lipinski definition) is 1. The van der Waals surface area contributed by atoms with E-state index in [-0.39, 0.29) is 37.0 Å². The maximum Gasteiger partial charge on any atom is 0.227 e. The molecule has 1 aromatic rings. The van der Waals surface area contributed by atoms with Crippen LogP contribution in [0.15, 0.2) is 24.4 Å². The number of hydrogen-bond acceptors (Lipinski definition) is 6. The van der Waals surface area contributed by atoms with E-state index < -0.39 is 33.4 Å². The average Bonchev–Trinajstić information content (AvgIpc) is 3.22. The minimum atomic E-state index is -3.76. The number of Topliss-reactive ketones (excluding diaryl/α,β-unsaturated/α-hetero) is 1. The maximum atomic E-state index is 12.9. The van der Waals surface area contributed by atoms with Crippen LogP contribution >= 0.6 is 0 Å². The molecular weight excluding hydrogens is 396 g/mol. The van der Waals surface area contributed by atoms with Crippen LogP contribution in [-0.4, -0.2) is 65.4 Å². The largest absolute Gasteiger partial charge is 0.369 e. The summed E-state index contributed by atoms with van der Waals surface area (Å²) < 4.78 is 26.9. The first-order valence-electron chi connectivity index (χ1n) is 9.39. The topological polar surface area (TPSA) is 131 Å². The monoisotopic (exact) mass is 421 g/mol. The van der Waals surface area contributed by atoms with Crippen molar-refractivity contribution in [1.82, 2.24) is 14.2 Å². The molecule has 2 saturated heterocycles. The van der Waals surface area contributed by atoms with E-state index >= 15 is 0 Å². The van der Waals surface area contributed by atoms with Gasteiger partial charge < -0.3 is 10.6 Å². The number of nitrogens with two attached hydrogens (primary N) is 1. The SMILES string of the molecule is CC(C)(C[CH]C(=O)N1CCC2C1C(=O)CN2S(=O)(=O)Cc1ccccn1)C(N)=O. The van der Waals surface area contributed by atoms with Crippen LogP contribution < -0.4 is 5.73 Å². The number of aromatic nitrogens is 1. The smallest absolute Gasteiger partial charge is 0.227 e. The number of nitrogens with zero attached hydrogens (tertiary/aromatic N) is 3. The second kappa shape index (κ2) is 7.83. The molecule has 2 amide bonds. The summed E-state index contributed by atoms with van der Waals surface area (Å²) in [7, 11) is -3.76. The fourth-order valence-corrected chi connectivity index (χ4v) is 5.36. The number of carbonyl (C=O) groups excluding carboxylic acids is 3. The van der Waals surface area contributed by atoms with Gasteiger partial charge in [0.15, 0.2) is 5.78 Å². The molecule has 0 aromatic carbocycles. The number of sulfonamides is 1. The molecule has 0 aliphatic carbocycles. The summed E-state index contributed by atoms with van der Waals surface area (Å²) in [5, 5.41) is 0. The van der Waals surface area contributed by atoms with Gasteiger partial charge in [-0.15, -0.1) is 0 Å². The van der Waals surface area contributed by atoms with Gasteiger partial charge >= 0.3 is 0 Å². The van der Waals surface area contributed by atoms with Crippen molar-refractivity contribution in [2.75, 3.05) is 13.1 Å². The number of primary amides is 1. The lowest BCUT2D eigenvalue weighted by molar-refractivity contribution is -0.134. The van der Waals surface area contributed by atoms with E-state index in [0.29, 0.717) is 12.1 Å². The molecule has 2 aliphatic rings. The van der Waals surface area contributed by atoms with Gasteiger partial charge in [0, 0.05) is 18.2 Å². The van der Waals surface area contributed by atoms with Gasteiger partial charge in [-0.1, -0.05) is 19.9 Å². The van der Waals surface area contributed by atoms with E-state index in [1.807, 2.05) is 0 Å². The first-order chi connectivity index (χ1) is 13.5. The van der Waals surface area contributed by atoms with Gasteiger partial charge in [-0.25, -0.2) is 8.42 Å². The molecule has 2 aliphatic heterocycles. The summed E-state index contributed by atoms with van der Waals surface area (Å²) in [6.07, 6.45) is 3.40. The summed E-state index contributed by atoms with van der Waals surface area (Å²) >= 11 is 0. The zero-order valence-electron chi connectivity index (χ0n) is 16.4. The van der Waals surface area contributed by atoms with Crippen molar-refractivity contribution in [2.24, 2.45) is 11.1 Å². The van der Waals surface area contributed by atoms with Crippen LogP contribution in [0.2, 0.25) is 0 Å². The lowest BCUT2D eigenvalue weighted by Crippen LogP contribution is -2.44. The maximum absolute atomic E-state index is 12.9. The number of likely N-dealkylation sites (tertiary alicyclic amines) is 1. The molecule has 1 radical (unpaired) electrons. The van der Waals surface area contributed by atoms with Gasteiger partial charge in [0.05, 0.1) is 24.7 Å². The van der Waals surface area contributed by atoms with Gasteiger partial charge in [-0.2, -0.15) is 4.31 Å². The van der Waals surface area contributed by atoms with Crippen molar-refractivity contribution in [1.29, 1.82) is 0 Å². The lowest BCUT2D eigenvalue weighted by atomic mass is 9.87. The Labute approximate surface area is 170 Å². The molecule has 0 spiro atoms. The molecule has 29 heavy (non-hydrogen) atoms. The van der Waals surface area contributed by atoms with Gasteiger partial charge in [0.2, 0.25) is 21.8 Å². The van der Waals surface area contributed by atoms with Crippen molar-refractivity contribution >= 4 is 27.6 Å². The lowest BCUT2D eigenvalue weighted by Gasteiger charge is -2.25. The van der Waals surface area contributed by atoms with Crippen molar-refractivity contribution in [3.63, 3.8) is 0 Å². The number of ketones is 1. The molecule has 157 valence electrons. The van der Waals surface area contributed by atoms with Crippen LogP contribution in [0.3, 0.4) is 0 Å². The molecule has 0 bridgehead atoms. The Morgan fingerprint density at radius 1 is 1.34 bits per heavy atom. The standard InChI is InChI=1S/C19H25N4O5S/c1-19(2,18(20)26)8-6-16(25)22-10-7-14-17(22)15(24)11-23(14)29(27,28)12-13-5-3-4-9-21-13/h3-6,9,14,17H,7-8,10-12H2,1-2H3,(H2,20,26). The van der Waals surface area contributed by atoms with Gasteiger partial charge in [0.1, 0.15) is 11.8 Å². The average molecular weight is 421 g/mol. The quantitative estimate of drug-likeness (QED) is 0.653. The predicted octanol–water partition coefficient (Wildman–Crippen LogP) is -0.129. The molecule has 3 rings (SSSR count). The third kappa shape index (κ3) is 4.32. The number of fused-ring (bicyclic) bond motifs is 1. The Bertz CT molecular complexity index is 916. The molecule has 2 unspecified atom stereocenters. The van der Waals surface area contributed by atoms with Crippen molar-refractivity contribution in [2.45, 2.75) is 44.5 Å². The second-order valence-corrected chi connectivity index (χ2v) is 10.00. The van der Waals surface area contributed by atoms with E-state index in [0.717, 1.165) is 0 Å². The Hall–Kier alpha value is -2.33. The Kier molecular flexibility index (Phi) is 5.77. The van der Waals surface area contributed by atoms with Crippen molar-refractivity contribution < 1.29 is 22.8 Å². The van der Waals surface area contributed by atoms with E-state index in [4.69, 9.17) is 5.73 Å². The van der Waals surface area contributed by atoms with Crippen molar-refractivity contribution in [3.05, 3.63) is 36.5 Å². The van der Waals surface area contributed by atoms with Gasteiger partial charge in [-0.05, 0) is 25.0 Å². The fraction of sp³-hybridized carbons (Fsp3) is 0.526. The molecule has 2 N–H and O–H groups in total. The molecule has 2 atom stereocenters. The highest BCUT2D eigenvalue weighted by atomic mass is 32.2. The van der Waals surface area contributed by atoms with Crippen LogP contribution in [-0.2, 0) is 30.2 Å². The normalized spacial score (nSPS) is 22.7. The minimum Gasteiger partial charge on any atom is -0.369 e. The Morgan fingerprint density at radius 2 is 2.07 bits per heavy atom. The van der Waals surface area contributed by atoms with E-state index in [1.54, 1.807) is 32.0 Å². The highest BCUT2D eigenvalue weighted by molar-refractivity contribution is 7.88. The van der Waals surface area contributed by atoms with Crippen LogP contribution in [0.5, 0.6) is 0 Å². The predicted molar refractivity (Wildman–Crippen MR) is 104 cm³/mol.